The lowest BCUT2D eigenvalue weighted by atomic mass is 10.1. The summed E-state index contributed by atoms with van der Waals surface area (Å²) >= 11 is 0. The highest BCUT2D eigenvalue weighted by Gasteiger charge is 2.15. The number of benzene rings is 1. The van der Waals surface area contributed by atoms with Crippen LogP contribution in [-0.4, -0.2) is 18.1 Å². The fourth-order valence-electron chi connectivity index (χ4n) is 1.96. The molecular formula is C14H16N2O3. The predicted molar refractivity (Wildman–Crippen MR) is 73.4 cm³/mol. The number of nitrogens with two attached hydrogens (primary N) is 1. The van der Waals surface area contributed by atoms with Gasteiger partial charge in [0.1, 0.15) is 5.76 Å². The van der Waals surface area contributed by atoms with E-state index in [0.717, 1.165) is 11.3 Å². The van der Waals surface area contributed by atoms with Crippen LogP contribution in [-0.2, 0) is 6.54 Å². The first-order valence-electron chi connectivity index (χ1n) is 5.86. The van der Waals surface area contributed by atoms with Gasteiger partial charge in [-0.2, -0.15) is 0 Å². The zero-order valence-corrected chi connectivity index (χ0v) is 10.9. The summed E-state index contributed by atoms with van der Waals surface area (Å²) in [5.41, 5.74) is 8.11. The second-order valence-corrected chi connectivity index (χ2v) is 4.44. The third-order valence-corrected chi connectivity index (χ3v) is 3.04. The van der Waals surface area contributed by atoms with Crippen LogP contribution in [0, 0.1) is 6.92 Å². The number of aryl methyl sites for hydroxylation is 1. The number of aromatic carboxylic acids is 1. The molecule has 1 aromatic heterocycles. The average Bonchev–Trinajstić information content (AvgIpc) is 2.74. The molecule has 0 spiro atoms. The summed E-state index contributed by atoms with van der Waals surface area (Å²) in [4.78, 5) is 13.1. The molecule has 1 aromatic carbocycles. The van der Waals surface area contributed by atoms with Crippen molar-refractivity contribution in [1.29, 1.82) is 0 Å². The van der Waals surface area contributed by atoms with E-state index in [0.29, 0.717) is 17.9 Å². The van der Waals surface area contributed by atoms with Gasteiger partial charge in [0.25, 0.3) is 0 Å². The number of carboxylic acid groups (broad SMARTS) is 1. The van der Waals surface area contributed by atoms with Gasteiger partial charge in [0, 0.05) is 24.8 Å². The average molecular weight is 260 g/mol. The summed E-state index contributed by atoms with van der Waals surface area (Å²) in [5.74, 6) is -0.140. The van der Waals surface area contributed by atoms with Crippen molar-refractivity contribution in [2.24, 2.45) is 0 Å². The van der Waals surface area contributed by atoms with Gasteiger partial charge in [0.2, 0.25) is 0 Å². The molecule has 0 saturated heterocycles. The minimum atomic E-state index is -0.967. The van der Waals surface area contributed by atoms with Crippen LogP contribution in [0.1, 0.15) is 21.7 Å². The normalized spacial score (nSPS) is 10.4. The van der Waals surface area contributed by atoms with Gasteiger partial charge in [-0.15, -0.1) is 0 Å². The van der Waals surface area contributed by atoms with Crippen molar-refractivity contribution in [2.45, 2.75) is 13.5 Å². The van der Waals surface area contributed by atoms with E-state index in [9.17, 15) is 9.90 Å². The molecule has 100 valence electrons. The first-order valence-corrected chi connectivity index (χ1v) is 5.86. The van der Waals surface area contributed by atoms with E-state index in [1.165, 1.54) is 6.07 Å². The number of furan rings is 1. The maximum absolute atomic E-state index is 11.2. The quantitative estimate of drug-likeness (QED) is 0.826. The number of nitrogen functional groups attached to an aromatic ring is 1. The molecular weight excluding hydrogens is 244 g/mol. The number of rotatable bonds is 4. The van der Waals surface area contributed by atoms with Crippen LogP contribution in [0.5, 0.6) is 0 Å². The van der Waals surface area contributed by atoms with Crippen LogP contribution in [0.15, 0.2) is 34.9 Å². The molecule has 5 nitrogen and oxygen atoms in total. The van der Waals surface area contributed by atoms with Crippen molar-refractivity contribution in [3.05, 3.63) is 47.4 Å². The largest absolute Gasteiger partial charge is 0.478 e. The Morgan fingerprint density at radius 1 is 1.42 bits per heavy atom. The van der Waals surface area contributed by atoms with Crippen molar-refractivity contribution in [3.63, 3.8) is 0 Å². The molecule has 0 bridgehead atoms. The first-order chi connectivity index (χ1) is 8.99. The number of nitrogens with zero attached hydrogens (tertiary/aromatic N) is 1. The topological polar surface area (TPSA) is 79.7 Å². The summed E-state index contributed by atoms with van der Waals surface area (Å²) in [6, 6.07) is 6.65. The molecule has 0 aliphatic rings. The monoisotopic (exact) mass is 260 g/mol. The van der Waals surface area contributed by atoms with Crippen molar-refractivity contribution < 1.29 is 14.3 Å². The Labute approximate surface area is 111 Å². The highest BCUT2D eigenvalue weighted by Crippen LogP contribution is 2.25. The molecule has 19 heavy (non-hydrogen) atoms. The number of hydrogen-bond donors (Lipinski definition) is 2. The second-order valence-electron chi connectivity index (χ2n) is 4.44. The lowest BCUT2D eigenvalue weighted by Gasteiger charge is -2.21. The third kappa shape index (κ3) is 2.70. The first kappa shape index (κ1) is 13.0. The Bertz CT molecular complexity index is 604. The van der Waals surface area contributed by atoms with Crippen LogP contribution < -0.4 is 10.6 Å². The summed E-state index contributed by atoms with van der Waals surface area (Å²) in [5, 5.41) is 9.20. The molecule has 2 aromatic rings. The maximum atomic E-state index is 11.2. The fraction of sp³-hybridized carbons (Fsp3) is 0.214. The van der Waals surface area contributed by atoms with E-state index in [1.807, 2.05) is 24.9 Å². The van der Waals surface area contributed by atoms with Gasteiger partial charge in [-0.1, -0.05) is 0 Å². The van der Waals surface area contributed by atoms with Gasteiger partial charge in [0.15, 0.2) is 0 Å². The van der Waals surface area contributed by atoms with Crippen LogP contribution in [0.4, 0.5) is 11.4 Å². The summed E-state index contributed by atoms with van der Waals surface area (Å²) < 4.78 is 5.23. The molecule has 5 heteroatoms. The van der Waals surface area contributed by atoms with Gasteiger partial charge in [0.05, 0.1) is 17.5 Å². The minimum Gasteiger partial charge on any atom is -0.478 e. The zero-order chi connectivity index (χ0) is 14.0. The smallest absolute Gasteiger partial charge is 0.337 e. The molecule has 1 heterocycles. The molecule has 0 aliphatic heterocycles. The lowest BCUT2D eigenvalue weighted by Crippen LogP contribution is -2.19. The van der Waals surface area contributed by atoms with Crippen LogP contribution >= 0.6 is 0 Å². The minimum absolute atomic E-state index is 0.234. The molecule has 0 aliphatic carbocycles. The molecule has 3 N–H and O–H groups in total. The van der Waals surface area contributed by atoms with Crippen molar-refractivity contribution in [2.75, 3.05) is 17.7 Å². The van der Waals surface area contributed by atoms with Crippen LogP contribution in [0.25, 0.3) is 0 Å². The number of carboxylic acids is 1. The molecule has 0 amide bonds. The van der Waals surface area contributed by atoms with Crippen molar-refractivity contribution in [3.8, 4) is 0 Å². The van der Waals surface area contributed by atoms with E-state index in [1.54, 1.807) is 18.4 Å². The highest BCUT2D eigenvalue weighted by atomic mass is 16.4. The van der Waals surface area contributed by atoms with Gasteiger partial charge in [-0.05, 0) is 31.2 Å². The number of hydrogen-bond acceptors (Lipinski definition) is 4. The molecule has 0 fully saturated rings. The van der Waals surface area contributed by atoms with Gasteiger partial charge in [-0.3, -0.25) is 0 Å². The highest BCUT2D eigenvalue weighted by molar-refractivity contribution is 5.95. The standard InChI is InChI=1S/C14H16N2O3/c1-9-10(5-6-19-9)8-16(2)13-7-11(15)3-4-12(13)14(17)18/h3-7H,8,15H2,1-2H3,(H,17,18). The van der Waals surface area contributed by atoms with E-state index in [4.69, 9.17) is 10.2 Å². The Morgan fingerprint density at radius 2 is 2.16 bits per heavy atom. The third-order valence-electron chi connectivity index (χ3n) is 3.04. The Hall–Kier alpha value is -2.43. The van der Waals surface area contributed by atoms with Crippen LogP contribution in [0.3, 0.4) is 0 Å². The second kappa shape index (κ2) is 5.06. The van der Waals surface area contributed by atoms with E-state index < -0.39 is 5.97 Å². The Morgan fingerprint density at radius 3 is 2.74 bits per heavy atom. The van der Waals surface area contributed by atoms with Crippen molar-refractivity contribution in [1.82, 2.24) is 0 Å². The van der Waals surface area contributed by atoms with E-state index in [2.05, 4.69) is 0 Å². The lowest BCUT2D eigenvalue weighted by molar-refractivity contribution is 0.0697. The SMILES string of the molecule is Cc1occc1CN(C)c1cc(N)ccc1C(=O)O. The zero-order valence-electron chi connectivity index (χ0n) is 10.9. The molecule has 0 atom stereocenters. The van der Waals surface area contributed by atoms with Crippen molar-refractivity contribution >= 4 is 17.3 Å². The summed E-state index contributed by atoms with van der Waals surface area (Å²) in [7, 11) is 1.83. The maximum Gasteiger partial charge on any atom is 0.337 e. The van der Waals surface area contributed by atoms with Crippen LogP contribution in [0.2, 0.25) is 0 Å². The Balaban J connectivity index is 2.32. The fourth-order valence-corrected chi connectivity index (χ4v) is 1.96. The van der Waals surface area contributed by atoms with E-state index >= 15 is 0 Å². The van der Waals surface area contributed by atoms with E-state index in [-0.39, 0.29) is 5.56 Å². The molecule has 2 rings (SSSR count). The van der Waals surface area contributed by atoms with Gasteiger partial charge in [-0.25, -0.2) is 4.79 Å². The molecule has 0 radical (unpaired) electrons. The van der Waals surface area contributed by atoms with Gasteiger partial charge >= 0.3 is 5.97 Å². The number of carbonyl (C=O) groups is 1. The molecule has 0 saturated carbocycles. The predicted octanol–water partition coefficient (Wildman–Crippen LogP) is 2.50. The Kier molecular flexibility index (Phi) is 3.46. The summed E-state index contributed by atoms with van der Waals surface area (Å²) in [6.07, 6.45) is 1.62. The molecule has 0 unspecified atom stereocenters. The number of anilines is 2. The van der Waals surface area contributed by atoms with Gasteiger partial charge < -0.3 is 20.2 Å². The summed E-state index contributed by atoms with van der Waals surface area (Å²) in [6.45, 7) is 2.44.